The molecule has 1 nitrogen and oxygen atoms in total. The predicted octanol–water partition coefficient (Wildman–Crippen LogP) is 3.29. The van der Waals surface area contributed by atoms with Crippen LogP contribution in [0.5, 0.6) is 0 Å². The molecule has 1 aliphatic rings. The smallest absolute Gasteiger partial charge is 0.252 e. The van der Waals surface area contributed by atoms with Crippen LogP contribution in [0.25, 0.3) is 10.9 Å². The lowest BCUT2D eigenvalue weighted by Gasteiger charge is -2.21. The van der Waals surface area contributed by atoms with Crippen LogP contribution >= 0.6 is 0 Å². The molecular formula is C12H11F2N. The number of aryl methyl sites for hydroxylation is 1. The van der Waals surface area contributed by atoms with E-state index in [-0.39, 0.29) is 12.8 Å². The van der Waals surface area contributed by atoms with E-state index in [1.54, 1.807) is 0 Å². The standard InChI is InChI=1S/C12H11F2N/c13-12(14)6-5-11-9(7-12)8-3-1-2-4-10(8)15-11/h1-4,15H,5-7H2. The van der Waals surface area contributed by atoms with Crippen molar-refractivity contribution in [3.8, 4) is 0 Å². The first-order valence-electron chi connectivity index (χ1n) is 5.12. The number of nitrogens with one attached hydrogen (secondary N) is 1. The van der Waals surface area contributed by atoms with Gasteiger partial charge in [-0.25, -0.2) is 8.78 Å². The summed E-state index contributed by atoms with van der Waals surface area (Å²) < 4.78 is 26.5. The lowest BCUT2D eigenvalue weighted by atomic mass is 9.92. The highest BCUT2D eigenvalue weighted by Gasteiger charge is 2.35. The molecule has 1 N–H and O–H groups in total. The zero-order chi connectivity index (χ0) is 10.5. The topological polar surface area (TPSA) is 15.8 Å². The van der Waals surface area contributed by atoms with E-state index in [1.807, 2.05) is 24.3 Å². The minimum atomic E-state index is -2.53. The Balaban J connectivity index is 2.22. The van der Waals surface area contributed by atoms with Gasteiger partial charge in [-0.1, -0.05) is 18.2 Å². The maximum atomic E-state index is 13.3. The molecule has 0 bridgehead atoms. The van der Waals surface area contributed by atoms with Gasteiger partial charge < -0.3 is 4.98 Å². The molecule has 0 aliphatic heterocycles. The van der Waals surface area contributed by atoms with Crippen LogP contribution in [0.4, 0.5) is 8.78 Å². The van der Waals surface area contributed by atoms with E-state index in [4.69, 9.17) is 0 Å². The Morgan fingerprint density at radius 1 is 1.20 bits per heavy atom. The van der Waals surface area contributed by atoms with Gasteiger partial charge in [0.25, 0.3) is 5.92 Å². The number of alkyl halides is 2. The third-order valence-corrected chi connectivity index (χ3v) is 3.08. The number of rotatable bonds is 0. The van der Waals surface area contributed by atoms with Crippen molar-refractivity contribution in [2.45, 2.75) is 25.2 Å². The normalized spacial score (nSPS) is 19.1. The van der Waals surface area contributed by atoms with Gasteiger partial charge in [0, 0.05) is 29.4 Å². The van der Waals surface area contributed by atoms with Crippen molar-refractivity contribution in [3.05, 3.63) is 35.5 Å². The summed E-state index contributed by atoms with van der Waals surface area (Å²) in [6.45, 7) is 0. The molecule has 0 radical (unpaired) electrons. The van der Waals surface area contributed by atoms with Crippen LogP contribution in [0.2, 0.25) is 0 Å². The van der Waals surface area contributed by atoms with E-state index in [0.717, 1.165) is 22.2 Å². The first-order valence-corrected chi connectivity index (χ1v) is 5.12. The summed E-state index contributed by atoms with van der Waals surface area (Å²) >= 11 is 0. The Labute approximate surface area is 86.1 Å². The van der Waals surface area contributed by atoms with E-state index in [0.29, 0.717) is 6.42 Å². The molecule has 1 aromatic carbocycles. The number of aromatic amines is 1. The Hall–Kier alpha value is -1.38. The van der Waals surface area contributed by atoms with Crippen LogP contribution in [0.15, 0.2) is 24.3 Å². The van der Waals surface area contributed by atoms with E-state index in [1.165, 1.54) is 0 Å². The number of aromatic nitrogens is 1. The average Bonchev–Trinajstić information content (AvgIpc) is 2.55. The SMILES string of the molecule is FC1(F)CCc2[nH]c3ccccc3c2C1. The minimum absolute atomic E-state index is 0.0349. The van der Waals surface area contributed by atoms with Crippen molar-refractivity contribution in [1.29, 1.82) is 0 Å². The first-order chi connectivity index (χ1) is 7.16. The molecule has 2 aromatic rings. The molecule has 1 heterocycles. The Bertz CT molecular complexity index is 513. The fourth-order valence-electron chi connectivity index (χ4n) is 2.33. The number of hydrogen-bond acceptors (Lipinski definition) is 0. The highest BCUT2D eigenvalue weighted by atomic mass is 19.3. The van der Waals surface area contributed by atoms with Crippen molar-refractivity contribution < 1.29 is 8.78 Å². The van der Waals surface area contributed by atoms with Crippen LogP contribution in [0.1, 0.15) is 17.7 Å². The second-order valence-corrected chi connectivity index (χ2v) is 4.16. The molecule has 0 saturated carbocycles. The van der Waals surface area contributed by atoms with Crippen molar-refractivity contribution in [1.82, 2.24) is 4.98 Å². The molecule has 0 fully saturated rings. The number of H-pyrrole nitrogens is 1. The summed E-state index contributed by atoms with van der Waals surface area (Å²) in [5, 5.41) is 0.951. The predicted molar refractivity (Wildman–Crippen MR) is 55.3 cm³/mol. The summed E-state index contributed by atoms with van der Waals surface area (Å²) in [6, 6.07) is 7.66. The van der Waals surface area contributed by atoms with Crippen LogP contribution < -0.4 is 0 Å². The molecule has 3 heteroatoms. The molecule has 1 aromatic heterocycles. The first kappa shape index (κ1) is 8.89. The molecule has 1 aliphatic carbocycles. The zero-order valence-corrected chi connectivity index (χ0v) is 8.19. The van der Waals surface area contributed by atoms with Gasteiger partial charge in [0.1, 0.15) is 0 Å². The van der Waals surface area contributed by atoms with Gasteiger partial charge in [-0.05, 0) is 18.1 Å². The van der Waals surface area contributed by atoms with E-state index < -0.39 is 5.92 Å². The van der Waals surface area contributed by atoms with E-state index in [9.17, 15) is 8.78 Å². The van der Waals surface area contributed by atoms with Gasteiger partial charge >= 0.3 is 0 Å². The van der Waals surface area contributed by atoms with E-state index >= 15 is 0 Å². The molecule has 0 amide bonds. The molecule has 78 valence electrons. The number of hydrogen-bond donors (Lipinski definition) is 1. The molecule has 0 atom stereocenters. The van der Waals surface area contributed by atoms with Crippen molar-refractivity contribution in [2.24, 2.45) is 0 Å². The Kier molecular flexibility index (Phi) is 1.67. The van der Waals surface area contributed by atoms with Gasteiger partial charge in [0.15, 0.2) is 0 Å². The Morgan fingerprint density at radius 2 is 2.00 bits per heavy atom. The summed E-state index contributed by atoms with van der Waals surface area (Å²) in [5.74, 6) is -2.53. The van der Waals surface area contributed by atoms with Gasteiger partial charge in [-0.2, -0.15) is 0 Å². The molecule has 15 heavy (non-hydrogen) atoms. The van der Waals surface area contributed by atoms with Gasteiger partial charge in [-0.3, -0.25) is 0 Å². The fraction of sp³-hybridized carbons (Fsp3) is 0.333. The highest BCUT2D eigenvalue weighted by Crippen LogP contribution is 2.36. The quantitative estimate of drug-likeness (QED) is 0.682. The Morgan fingerprint density at radius 3 is 2.87 bits per heavy atom. The van der Waals surface area contributed by atoms with Crippen LogP contribution in [-0.4, -0.2) is 10.9 Å². The molecule has 0 saturated heterocycles. The summed E-state index contributed by atoms with van der Waals surface area (Å²) in [4.78, 5) is 3.22. The molecule has 3 rings (SSSR count). The third kappa shape index (κ3) is 1.34. The molecular weight excluding hydrogens is 196 g/mol. The van der Waals surface area contributed by atoms with Gasteiger partial charge in [0.2, 0.25) is 0 Å². The second-order valence-electron chi connectivity index (χ2n) is 4.16. The number of para-hydroxylation sites is 1. The molecule has 0 unspecified atom stereocenters. The monoisotopic (exact) mass is 207 g/mol. The van der Waals surface area contributed by atoms with Gasteiger partial charge in [-0.15, -0.1) is 0 Å². The number of halogens is 2. The summed E-state index contributed by atoms with van der Waals surface area (Å²) in [7, 11) is 0. The molecule has 0 spiro atoms. The van der Waals surface area contributed by atoms with E-state index in [2.05, 4.69) is 4.98 Å². The maximum absolute atomic E-state index is 13.3. The lowest BCUT2D eigenvalue weighted by Crippen LogP contribution is -2.25. The minimum Gasteiger partial charge on any atom is -0.358 e. The summed E-state index contributed by atoms with van der Waals surface area (Å²) in [5.41, 5.74) is 2.77. The van der Waals surface area contributed by atoms with Gasteiger partial charge in [0.05, 0.1) is 0 Å². The van der Waals surface area contributed by atoms with Crippen molar-refractivity contribution in [3.63, 3.8) is 0 Å². The van der Waals surface area contributed by atoms with Crippen LogP contribution in [0, 0.1) is 0 Å². The summed E-state index contributed by atoms with van der Waals surface area (Å²) in [6.07, 6.45) is 0.302. The van der Waals surface area contributed by atoms with Crippen LogP contribution in [-0.2, 0) is 12.8 Å². The van der Waals surface area contributed by atoms with Crippen molar-refractivity contribution >= 4 is 10.9 Å². The highest BCUT2D eigenvalue weighted by molar-refractivity contribution is 5.85. The van der Waals surface area contributed by atoms with Crippen LogP contribution in [0.3, 0.4) is 0 Å². The number of benzene rings is 1. The maximum Gasteiger partial charge on any atom is 0.252 e. The lowest BCUT2D eigenvalue weighted by molar-refractivity contribution is -0.0121. The number of fused-ring (bicyclic) bond motifs is 3. The third-order valence-electron chi connectivity index (χ3n) is 3.08. The fourth-order valence-corrected chi connectivity index (χ4v) is 2.33. The average molecular weight is 207 g/mol. The van der Waals surface area contributed by atoms with Crippen molar-refractivity contribution in [2.75, 3.05) is 0 Å². The second kappa shape index (κ2) is 2.81. The zero-order valence-electron chi connectivity index (χ0n) is 8.19. The largest absolute Gasteiger partial charge is 0.358 e.